The molecule has 180 valence electrons. The van der Waals surface area contributed by atoms with Crippen molar-refractivity contribution in [1.82, 2.24) is 10.3 Å². The Balaban J connectivity index is 1.96. The molecular weight excluding hydrogens is 457 g/mol. The first-order chi connectivity index (χ1) is 16.9. The van der Waals surface area contributed by atoms with Crippen molar-refractivity contribution in [2.45, 2.75) is 13.3 Å². The zero-order chi connectivity index (χ0) is 25.1. The summed E-state index contributed by atoms with van der Waals surface area (Å²) in [5, 5.41) is 15.3. The molecule has 2 heterocycles. The number of nitrogens with zero attached hydrogens (tertiary/aromatic N) is 4. The number of carbonyl (C=O) groups excluding carboxylic acids is 1. The molecule has 1 aromatic heterocycles. The predicted octanol–water partition coefficient (Wildman–Crippen LogP) is 5.16. The van der Waals surface area contributed by atoms with Crippen LogP contribution >= 0.6 is 0 Å². The van der Waals surface area contributed by atoms with Crippen LogP contribution in [0.25, 0.3) is 11.1 Å². The average molecular weight is 480 g/mol. The number of hydrogen-bond acceptors (Lipinski definition) is 5. The van der Waals surface area contributed by atoms with Crippen molar-refractivity contribution in [1.29, 1.82) is 5.26 Å². The number of nitriles is 1. The lowest BCUT2D eigenvalue weighted by Gasteiger charge is -2.29. The predicted molar refractivity (Wildman–Crippen MR) is 128 cm³/mol. The maximum atomic E-state index is 15.4. The maximum Gasteiger partial charge on any atom is 0.334 e. The summed E-state index contributed by atoms with van der Waals surface area (Å²) in [4.78, 5) is 20.1. The minimum absolute atomic E-state index is 0.0509. The number of pyridine rings is 1. The largest absolute Gasteiger partial charge is 0.384 e. The van der Waals surface area contributed by atoms with Crippen LogP contribution in [-0.2, 0) is 0 Å². The highest BCUT2D eigenvalue weighted by molar-refractivity contribution is 6.15. The Kier molecular flexibility index (Phi) is 6.89. The van der Waals surface area contributed by atoms with E-state index in [4.69, 9.17) is 0 Å². The lowest BCUT2D eigenvalue weighted by atomic mass is 10.0. The van der Waals surface area contributed by atoms with Crippen LogP contribution in [0.1, 0.15) is 18.9 Å². The van der Waals surface area contributed by atoms with E-state index in [9.17, 15) is 14.4 Å². The summed E-state index contributed by atoms with van der Waals surface area (Å²) in [7, 11) is 1.75. The van der Waals surface area contributed by atoms with Crippen LogP contribution in [0.15, 0.2) is 42.6 Å². The molecule has 0 bridgehead atoms. The van der Waals surface area contributed by atoms with Crippen LogP contribution in [-0.4, -0.2) is 37.7 Å². The maximum absolute atomic E-state index is 15.4. The highest BCUT2D eigenvalue weighted by Crippen LogP contribution is 2.45. The number of likely N-dealkylation sites (N-methyl/N-ethyl adjacent to an activating group) is 1. The molecule has 0 aliphatic carbocycles. The summed E-state index contributed by atoms with van der Waals surface area (Å²) in [6.45, 7) is 3.02. The van der Waals surface area contributed by atoms with E-state index in [0.717, 1.165) is 23.2 Å². The number of urea groups is 1. The Hall–Kier alpha value is -4.10. The van der Waals surface area contributed by atoms with Gasteiger partial charge in [-0.1, -0.05) is 13.0 Å². The van der Waals surface area contributed by atoms with E-state index in [1.54, 1.807) is 7.05 Å². The van der Waals surface area contributed by atoms with E-state index in [2.05, 4.69) is 15.6 Å². The molecule has 3 aromatic rings. The number of amides is 2. The Morgan fingerprint density at radius 3 is 2.46 bits per heavy atom. The molecule has 0 fully saturated rings. The van der Waals surface area contributed by atoms with Gasteiger partial charge in [-0.05, 0) is 43.8 Å². The number of aromatic nitrogens is 1. The SMILES string of the molecule is CCCN1C(=O)N(c2c(F)cc(NCCNC)cc2F)c2cc(C#N)ccc2-c2cc(F)cnc21. The molecule has 10 heteroatoms. The van der Waals surface area contributed by atoms with Gasteiger partial charge in [0, 0.05) is 36.4 Å². The zero-order valence-electron chi connectivity index (χ0n) is 19.2. The molecular formula is C25H23F3N6O. The van der Waals surface area contributed by atoms with E-state index in [1.807, 2.05) is 13.0 Å². The lowest BCUT2D eigenvalue weighted by molar-refractivity contribution is 0.253. The Morgan fingerprint density at radius 1 is 1.06 bits per heavy atom. The van der Waals surface area contributed by atoms with E-state index in [-0.39, 0.29) is 34.9 Å². The van der Waals surface area contributed by atoms with Gasteiger partial charge in [0.15, 0.2) is 11.6 Å². The third-order valence-electron chi connectivity index (χ3n) is 5.56. The highest BCUT2D eigenvalue weighted by atomic mass is 19.1. The molecule has 0 atom stereocenters. The molecule has 1 aliphatic rings. The number of carbonyl (C=O) groups is 1. The second-order valence-corrected chi connectivity index (χ2v) is 7.96. The normalized spacial score (nSPS) is 12.6. The second kappa shape index (κ2) is 10.0. The topological polar surface area (TPSA) is 84.3 Å². The summed E-state index contributed by atoms with van der Waals surface area (Å²) in [6.07, 6.45) is 1.50. The quantitative estimate of drug-likeness (QED) is 0.457. The first-order valence-corrected chi connectivity index (χ1v) is 11.1. The molecule has 4 rings (SSSR count). The smallest absolute Gasteiger partial charge is 0.334 e. The molecule has 0 radical (unpaired) electrons. The van der Waals surface area contributed by atoms with Crippen molar-refractivity contribution in [3.8, 4) is 17.2 Å². The van der Waals surface area contributed by atoms with Crippen molar-refractivity contribution >= 4 is 28.9 Å². The number of nitrogens with one attached hydrogen (secondary N) is 2. The molecule has 0 saturated heterocycles. The summed E-state index contributed by atoms with van der Waals surface area (Å²) >= 11 is 0. The van der Waals surface area contributed by atoms with E-state index in [1.165, 1.54) is 29.2 Å². The van der Waals surface area contributed by atoms with Crippen molar-refractivity contribution in [3.63, 3.8) is 0 Å². The van der Waals surface area contributed by atoms with Gasteiger partial charge >= 0.3 is 6.03 Å². The molecule has 0 spiro atoms. The van der Waals surface area contributed by atoms with E-state index in [0.29, 0.717) is 25.1 Å². The van der Waals surface area contributed by atoms with E-state index < -0.39 is 29.2 Å². The summed E-state index contributed by atoms with van der Waals surface area (Å²) < 4.78 is 45.1. The molecule has 35 heavy (non-hydrogen) atoms. The van der Waals surface area contributed by atoms with Gasteiger partial charge < -0.3 is 10.6 Å². The standard InChI is InChI=1S/C25H23F3N6O/c1-3-8-33-24-19(10-16(26)14-32-24)18-5-4-15(13-29)9-22(18)34(25(33)35)23-20(27)11-17(12-21(23)28)31-7-6-30-2/h4-5,9-12,14,30-31H,3,6-8H2,1-2H3. The van der Waals surface area contributed by atoms with Gasteiger partial charge in [0.05, 0.1) is 23.5 Å². The molecule has 0 saturated carbocycles. The number of anilines is 4. The highest BCUT2D eigenvalue weighted by Gasteiger charge is 2.36. The Bertz CT molecular complexity index is 1300. The first-order valence-electron chi connectivity index (χ1n) is 11.1. The number of rotatable bonds is 7. The van der Waals surface area contributed by atoms with Gasteiger partial charge in [-0.3, -0.25) is 9.80 Å². The van der Waals surface area contributed by atoms with Crippen LogP contribution < -0.4 is 20.4 Å². The van der Waals surface area contributed by atoms with Crippen LogP contribution in [0.3, 0.4) is 0 Å². The van der Waals surface area contributed by atoms with Crippen LogP contribution in [0.5, 0.6) is 0 Å². The fraction of sp³-hybridized carbons (Fsp3) is 0.240. The molecule has 2 aromatic carbocycles. The monoisotopic (exact) mass is 480 g/mol. The van der Waals surface area contributed by atoms with Gasteiger partial charge in [0.25, 0.3) is 0 Å². The van der Waals surface area contributed by atoms with Crippen molar-refractivity contribution < 1.29 is 18.0 Å². The molecule has 0 unspecified atom stereocenters. The molecule has 1 aliphatic heterocycles. The van der Waals surface area contributed by atoms with Gasteiger partial charge in [-0.15, -0.1) is 0 Å². The van der Waals surface area contributed by atoms with E-state index >= 15 is 8.78 Å². The number of halogens is 3. The Labute approximate surface area is 200 Å². The molecule has 7 nitrogen and oxygen atoms in total. The van der Waals surface area contributed by atoms with Gasteiger partial charge in [0.2, 0.25) is 0 Å². The Morgan fingerprint density at radius 2 is 1.80 bits per heavy atom. The van der Waals surface area contributed by atoms with Crippen LogP contribution in [0.4, 0.5) is 40.8 Å². The summed E-state index contributed by atoms with van der Waals surface area (Å²) in [5.41, 5.74) is 0.426. The van der Waals surface area contributed by atoms with Crippen LogP contribution in [0.2, 0.25) is 0 Å². The van der Waals surface area contributed by atoms with Crippen molar-refractivity contribution in [3.05, 3.63) is 65.6 Å². The number of hydrogen-bond donors (Lipinski definition) is 2. The van der Waals surface area contributed by atoms with Crippen molar-refractivity contribution in [2.24, 2.45) is 0 Å². The third kappa shape index (κ3) is 4.50. The third-order valence-corrected chi connectivity index (χ3v) is 5.56. The molecule has 2 N–H and O–H groups in total. The minimum Gasteiger partial charge on any atom is -0.384 e. The van der Waals surface area contributed by atoms with Crippen LogP contribution in [0, 0.1) is 28.8 Å². The summed E-state index contributed by atoms with van der Waals surface area (Å²) in [6, 6.07) is 9.01. The average Bonchev–Trinajstić information content (AvgIpc) is 2.92. The number of benzene rings is 2. The first kappa shape index (κ1) is 24.0. The van der Waals surface area contributed by atoms with Gasteiger partial charge in [-0.25, -0.2) is 22.9 Å². The minimum atomic E-state index is -0.972. The second-order valence-electron chi connectivity index (χ2n) is 7.96. The number of fused-ring (bicyclic) bond motifs is 3. The zero-order valence-corrected chi connectivity index (χ0v) is 19.2. The lowest BCUT2D eigenvalue weighted by Crippen LogP contribution is -2.42. The van der Waals surface area contributed by atoms with Crippen molar-refractivity contribution in [2.75, 3.05) is 41.8 Å². The summed E-state index contributed by atoms with van der Waals surface area (Å²) in [5.74, 6) is -2.41. The van der Waals surface area contributed by atoms with Gasteiger partial charge in [0.1, 0.15) is 17.3 Å². The molecule has 2 amide bonds. The fourth-order valence-corrected chi connectivity index (χ4v) is 4.03. The van der Waals surface area contributed by atoms with Gasteiger partial charge in [-0.2, -0.15) is 5.26 Å². The fourth-order valence-electron chi connectivity index (χ4n) is 4.03.